The molecule has 3 rings (SSSR count). The lowest BCUT2D eigenvalue weighted by molar-refractivity contribution is -0.141. The summed E-state index contributed by atoms with van der Waals surface area (Å²) in [6.45, 7) is 0.338. The lowest BCUT2D eigenvalue weighted by Gasteiger charge is -2.32. The van der Waals surface area contributed by atoms with E-state index in [1.165, 1.54) is 46.8 Å². The molecule has 2 aromatic carbocycles. The van der Waals surface area contributed by atoms with Gasteiger partial charge in [-0.2, -0.15) is 22.7 Å². The van der Waals surface area contributed by atoms with Crippen LogP contribution in [-0.2, 0) is 16.6 Å². The lowest BCUT2D eigenvalue weighted by Crippen LogP contribution is -2.42. The van der Waals surface area contributed by atoms with Crippen LogP contribution in [0.3, 0.4) is 0 Å². The Balaban J connectivity index is 1.90. The molecular formula is C23H24F3N3O3S. The maximum Gasteiger partial charge on any atom is 0.406 e. The normalized spacial score (nSPS) is 17.4. The molecule has 1 aliphatic rings. The van der Waals surface area contributed by atoms with Crippen molar-refractivity contribution in [3.63, 3.8) is 0 Å². The van der Waals surface area contributed by atoms with Gasteiger partial charge in [0.2, 0.25) is 10.0 Å². The van der Waals surface area contributed by atoms with Gasteiger partial charge in [-0.05, 0) is 55.7 Å². The number of benzene rings is 2. The Morgan fingerprint density at radius 1 is 1.18 bits per heavy atom. The van der Waals surface area contributed by atoms with Crippen LogP contribution in [0.1, 0.15) is 47.7 Å². The smallest absolute Gasteiger partial charge is 0.325 e. The van der Waals surface area contributed by atoms with Crippen LogP contribution < -0.4 is 0 Å². The number of rotatable bonds is 6. The maximum absolute atomic E-state index is 13.2. The van der Waals surface area contributed by atoms with Crippen LogP contribution in [0.15, 0.2) is 53.4 Å². The minimum Gasteiger partial charge on any atom is -0.325 e. The summed E-state index contributed by atoms with van der Waals surface area (Å²) < 4.78 is 67.3. The summed E-state index contributed by atoms with van der Waals surface area (Å²) in [5, 5.41) is 8.89. The molecule has 0 aliphatic carbocycles. The third-order valence-electron chi connectivity index (χ3n) is 5.54. The fourth-order valence-corrected chi connectivity index (χ4v) is 5.60. The molecule has 1 fully saturated rings. The Labute approximate surface area is 191 Å². The molecule has 33 heavy (non-hydrogen) atoms. The van der Waals surface area contributed by atoms with Gasteiger partial charge in [0.05, 0.1) is 16.5 Å². The summed E-state index contributed by atoms with van der Waals surface area (Å²) >= 11 is 0. The number of amides is 1. The van der Waals surface area contributed by atoms with Gasteiger partial charge in [0.1, 0.15) is 6.54 Å². The minimum absolute atomic E-state index is 0.118. The predicted octanol–water partition coefficient (Wildman–Crippen LogP) is 4.33. The Bertz CT molecular complexity index is 1140. The molecule has 1 atom stereocenters. The molecule has 0 saturated carbocycles. The first-order chi connectivity index (χ1) is 15.5. The van der Waals surface area contributed by atoms with Crippen molar-refractivity contribution in [2.75, 3.05) is 13.1 Å². The Hall–Kier alpha value is -2.90. The minimum atomic E-state index is -4.64. The standard InChI is InChI=1S/C23H24F3N3O3S/c1-17-5-2-3-12-29(17)33(31,32)21-7-4-6-20(13-21)22(30)28(16-23(24,25)26)15-19-10-8-18(14-27)9-11-19/h4,6-11,13,17H,2-3,5,12,15-16H2,1H3. The molecule has 1 unspecified atom stereocenters. The Kier molecular flexibility index (Phi) is 7.44. The molecular weight excluding hydrogens is 455 g/mol. The molecule has 0 spiro atoms. The molecule has 0 N–H and O–H groups in total. The molecule has 10 heteroatoms. The van der Waals surface area contributed by atoms with Crippen LogP contribution in [-0.4, -0.2) is 48.8 Å². The molecule has 1 heterocycles. The largest absolute Gasteiger partial charge is 0.406 e. The van der Waals surface area contributed by atoms with Crippen molar-refractivity contribution >= 4 is 15.9 Å². The highest BCUT2D eigenvalue weighted by Crippen LogP contribution is 2.26. The second-order valence-electron chi connectivity index (χ2n) is 8.07. The van der Waals surface area contributed by atoms with E-state index in [0.29, 0.717) is 22.6 Å². The van der Waals surface area contributed by atoms with Gasteiger partial charge < -0.3 is 4.90 Å². The summed E-state index contributed by atoms with van der Waals surface area (Å²) in [6, 6.07) is 12.8. The summed E-state index contributed by atoms with van der Waals surface area (Å²) in [4.78, 5) is 13.5. The van der Waals surface area contributed by atoms with Gasteiger partial charge in [-0.15, -0.1) is 0 Å². The summed E-state index contributed by atoms with van der Waals surface area (Å²) in [5.74, 6) is -0.930. The molecule has 0 aromatic heterocycles. The van der Waals surface area contributed by atoms with E-state index in [1.807, 2.05) is 13.0 Å². The molecule has 1 saturated heterocycles. The number of piperidine rings is 1. The molecule has 176 valence electrons. The van der Waals surface area contributed by atoms with Gasteiger partial charge in [0.15, 0.2) is 0 Å². The van der Waals surface area contributed by atoms with Crippen LogP contribution in [0.25, 0.3) is 0 Å². The van der Waals surface area contributed by atoms with Gasteiger partial charge in [0, 0.05) is 24.7 Å². The van der Waals surface area contributed by atoms with Crippen LogP contribution in [0.2, 0.25) is 0 Å². The van der Waals surface area contributed by atoms with Crippen LogP contribution >= 0.6 is 0 Å². The molecule has 2 aromatic rings. The molecule has 1 aliphatic heterocycles. The third kappa shape index (κ3) is 6.12. The fraction of sp³-hybridized carbons (Fsp3) is 0.391. The van der Waals surface area contributed by atoms with Gasteiger partial charge >= 0.3 is 6.18 Å². The number of alkyl halides is 3. The average molecular weight is 480 g/mol. The average Bonchev–Trinajstić information content (AvgIpc) is 2.78. The quantitative estimate of drug-likeness (QED) is 0.618. The van der Waals surface area contributed by atoms with Crippen molar-refractivity contribution in [1.82, 2.24) is 9.21 Å². The monoisotopic (exact) mass is 479 g/mol. The predicted molar refractivity (Wildman–Crippen MR) is 116 cm³/mol. The zero-order chi connectivity index (χ0) is 24.2. The van der Waals surface area contributed by atoms with Crippen LogP contribution in [0, 0.1) is 11.3 Å². The van der Waals surface area contributed by atoms with Gasteiger partial charge in [-0.25, -0.2) is 8.42 Å². The molecule has 1 amide bonds. The van der Waals surface area contributed by atoms with E-state index in [4.69, 9.17) is 5.26 Å². The van der Waals surface area contributed by atoms with Gasteiger partial charge in [0.25, 0.3) is 5.91 Å². The van der Waals surface area contributed by atoms with Crippen molar-refractivity contribution in [2.45, 2.75) is 49.8 Å². The first kappa shape index (κ1) is 24.7. The Morgan fingerprint density at radius 3 is 2.48 bits per heavy atom. The van der Waals surface area contributed by atoms with Crippen LogP contribution in [0.5, 0.6) is 0 Å². The molecule has 6 nitrogen and oxygen atoms in total. The summed E-state index contributed by atoms with van der Waals surface area (Å²) in [7, 11) is -3.88. The molecule has 0 radical (unpaired) electrons. The maximum atomic E-state index is 13.2. The van der Waals surface area contributed by atoms with E-state index in [-0.39, 0.29) is 23.0 Å². The first-order valence-corrected chi connectivity index (χ1v) is 11.9. The number of hydrogen-bond acceptors (Lipinski definition) is 4. The Morgan fingerprint density at radius 2 is 1.88 bits per heavy atom. The summed E-state index contributed by atoms with van der Waals surface area (Å²) in [5.41, 5.74) is 0.619. The van der Waals surface area contributed by atoms with Crippen molar-refractivity contribution in [3.05, 3.63) is 65.2 Å². The third-order valence-corrected chi connectivity index (χ3v) is 7.55. The second-order valence-corrected chi connectivity index (χ2v) is 9.96. The van der Waals surface area contributed by atoms with Crippen molar-refractivity contribution < 1.29 is 26.4 Å². The number of carbonyl (C=O) groups is 1. The van der Waals surface area contributed by atoms with E-state index < -0.39 is 28.7 Å². The number of halogens is 3. The zero-order valence-corrected chi connectivity index (χ0v) is 18.9. The second kappa shape index (κ2) is 9.93. The SMILES string of the molecule is CC1CCCCN1S(=O)(=O)c1cccc(C(=O)N(Cc2ccc(C#N)cc2)CC(F)(F)F)c1. The highest BCUT2D eigenvalue weighted by Gasteiger charge is 2.35. The highest BCUT2D eigenvalue weighted by molar-refractivity contribution is 7.89. The van der Waals surface area contributed by atoms with Crippen molar-refractivity contribution in [1.29, 1.82) is 5.26 Å². The van der Waals surface area contributed by atoms with Crippen molar-refractivity contribution in [2.24, 2.45) is 0 Å². The molecule has 0 bridgehead atoms. The van der Waals surface area contributed by atoms with Crippen LogP contribution in [0.4, 0.5) is 13.2 Å². The van der Waals surface area contributed by atoms with Gasteiger partial charge in [-0.1, -0.05) is 24.6 Å². The number of sulfonamides is 1. The van der Waals surface area contributed by atoms with E-state index >= 15 is 0 Å². The summed E-state index contributed by atoms with van der Waals surface area (Å²) in [6.07, 6.45) is -2.27. The van der Waals surface area contributed by atoms with E-state index in [0.717, 1.165) is 25.3 Å². The first-order valence-electron chi connectivity index (χ1n) is 10.5. The van der Waals surface area contributed by atoms with E-state index in [2.05, 4.69) is 0 Å². The number of hydrogen-bond donors (Lipinski definition) is 0. The highest BCUT2D eigenvalue weighted by atomic mass is 32.2. The van der Waals surface area contributed by atoms with E-state index in [9.17, 15) is 26.4 Å². The number of nitrogens with zero attached hydrogens (tertiary/aromatic N) is 3. The lowest BCUT2D eigenvalue weighted by atomic mass is 10.1. The fourth-order valence-electron chi connectivity index (χ4n) is 3.86. The van der Waals surface area contributed by atoms with Gasteiger partial charge in [-0.3, -0.25) is 4.79 Å². The zero-order valence-electron chi connectivity index (χ0n) is 18.0. The van der Waals surface area contributed by atoms with E-state index in [1.54, 1.807) is 0 Å². The van der Waals surface area contributed by atoms with Crippen molar-refractivity contribution in [3.8, 4) is 6.07 Å². The topological polar surface area (TPSA) is 81.5 Å². The number of nitriles is 1. The number of carbonyl (C=O) groups excluding carboxylic acids is 1.